The zero-order valence-corrected chi connectivity index (χ0v) is 28.3. The first-order valence-corrected chi connectivity index (χ1v) is 17.8. The molecule has 1 aliphatic rings. The fourth-order valence-electron chi connectivity index (χ4n) is 5.69. The highest BCUT2D eigenvalue weighted by molar-refractivity contribution is 7.92. The normalized spacial score (nSPS) is 13.9. The number of para-hydroxylation sites is 1. The van der Waals surface area contributed by atoms with Crippen molar-refractivity contribution in [3.05, 3.63) is 119 Å². The molecule has 0 aliphatic heterocycles. The molecule has 0 bridgehead atoms. The Kier molecular flexibility index (Phi) is 11.4. The minimum atomic E-state index is -4.22. The van der Waals surface area contributed by atoms with Gasteiger partial charge in [-0.15, -0.1) is 0 Å². The molecule has 0 radical (unpaired) electrons. The van der Waals surface area contributed by atoms with Crippen LogP contribution in [0.15, 0.2) is 108 Å². The lowest BCUT2D eigenvalue weighted by Gasteiger charge is -2.34. The van der Waals surface area contributed by atoms with Gasteiger partial charge in [0.2, 0.25) is 11.8 Å². The molecular weight excluding hydrogens is 657 g/mol. The molecule has 4 aromatic carbocycles. The van der Waals surface area contributed by atoms with E-state index in [9.17, 15) is 18.0 Å². The van der Waals surface area contributed by atoms with Crippen molar-refractivity contribution >= 4 is 50.7 Å². The summed E-state index contributed by atoms with van der Waals surface area (Å²) in [6, 6.07) is 27.7. The number of hydrogen-bond acceptors (Lipinski definition) is 5. The van der Waals surface area contributed by atoms with Gasteiger partial charge in [-0.25, -0.2) is 8.42 Å². The summed E-state index contributed by atoms with van der Waals surface area (Å²) in [6.07, 6.45) is 4.10. The van der Waals surface area contributed by atoms with E-state index in [2.05, 4.69) is 5.32 Å². The lowest BCUT2D eigenvalue weighted by atomic mass is 10.1. The van der Waals surface area contributed by atoms with Gasteiger partial charge in [0, 0.05) is 28.2 Å². The van der Waals surface area contributed by atoms with Crippen molar-refractivity contribution in [3.8, 4) is 11.5 Å². The highest BCUT2D eigenvalue weighted by atomic mass is 35.5. The summed E-state index contributed by atoms with van der Waals surface area (Å²) < 4.78 is 35.2. The van der Waals surface area contributed by atoms with Crippen molar-refractivity contribution < 1.29 is 22.7 Å². The second kappa shape index (κ2) is 15.7. The maximum absolute atomic E-state index is 14.4. The number of rotatable bonds is 13. The van der Waals surface area contributed by atoms with Crippen molar-refractivity contribution in [2.45, 2.75) is 62.6 Å². The molecule has 1 unspecified atom stereocenters. The first-order valence-electron chi connectivity index (χ1n) is 15.6. The van der Waals surface area contributed by atoms with E-state index in [0.717, 1.165) is 30.0 Å². The van der Waals surface area contributed by atoms with Crippen molar-refractivity contribution in [1.82, 2.24) is 10.2 Å². The fourth-order valence-corrected chi connectivity index (χ4v) is 7.65. The van der Waals surface area contributed by atoms with E-state index in [4.69, 9.17) is 27.9 Å². The highest BCUT2D eigenvalue weighted by Crippen LogP contribution is 2.31. The Morgan fingerprint density at radius 2 is 1.40 bits per heavy atom. The van der Waals surface area contributed by atoms with Gasteiger partial charge >= 0.3 is 0 Å². The number of nitrogens with zero attached hydrogens (tertiary/aromatic N) is 2. The third-order valence-electron chi connectivity index (χ3n) is 8.19. The molecule has 11 heteroatoms. The molecule has 5 rings (SSSR count). The molecule has 8 nitrogen and oxygen atoms in total. The first kappa shape index (κ1) is 34.3. The zero-order chi connectivity index (χ0) is 33.4. The molecule has 2 amide bonds. The van der Waals surface area contributed by atoms with Gasteiger partial charge in [0.15, 0.2) is 0 Å². The van der Waals surface area contributed by atoms with Crippen LogP contribution in [-0.4, -0.2) is 43.8 Å². The zero-order valence-electron chi connectivity index (χ0n) is 26.0. The van der Waals surface area contributed by atoms with Gasteiger partial charge in [-0.3, -0.25) is 13.9 Å². The highest BCUT2D eigenvalue weighted by Gasteiger charge is 2.35. The molecule has 47 heavy (non-hydrogen) atoms. The molecule has 1 aliphatic carbocycles. The molecule has 1 N–H and O–H groups in total. The van der Waals surface area contributed by atoms with Crippen LogP contribution in [0.1, 0.15) is 44.6 Å². The van der Waals surface area contributed by atoms with Gasteiger partial charge in [0.25, 0.3) is 10.0 Å². The minimum absolute atomic E-state index is 0.0177. The van der Waals surface area contributed by atoms with E-state index in [1.165, 1.54) is 17.0 Å². The number of carbonyl (C=O) groups is 2. The minimum Gasteiger partial charge on any atom is -0.457 e. The van der Waals surface area contributed by atoms with Crippen LogP contribution in [0.3, 0.4) is 0 Å². The molecule has 4 aromatic rings. The van der Waals surface area contributed by atoms with Crippen molar-refractivity contribution in [1.29, 1.82) is 0 Å². The average molecular weight is 695 g/mol. The summed E-state index contributed by atoms with van der Waals surface area (Å²) in [5, 5.41) is 3.78. The monoisotopic (exact) mass is 693 g/mol. The number of carbonyl (C=O) groups excluding carboxylic acids is 2. The molecule has 0 saturated heterocycles. The molecule has 0 aromatic heterocycles. The third-order valence-corrected chi connectivity index (χ3v) is 10.7. The summed E-state index contributed by atoms with van der Waals surface area (Å²) in [4.78, 5) is 29.5. The van der Waals surface area contributed by atoms with Crippen LogP contribution in [0.25, 0.3) is 0 Å². The Balaban J connectivity index is 1.50. The summed E-state index contributed by atoms with van der Waals surface area (Å²) in [5.74, 6) is 0.238. The number of sulfonamides is 1. The van der Waals surface area contributed by atoms with Gasteiger partial charge in [-0.1, -0.05) is 85.4 Å². The predicted molar refractivity (Wildman–Crippen MR) is 185 cm³/mol. The van der Waals surface area contributed by atoms with Crippen LogP contribution in [0, 0.1) is 0 Å². The van der Waals surface area contributed by atoms with E-state index < -0.39 is 28.5 Å². The van der Waals surface area contributed by atoms with Crippen molar-refractivity contribution in [2.75, 3.05) is 10.8 Å². The summed E-state index contributed by atoms with van der Waals surface area (Å²) in [5.41, 5.74) is 0.720. The molecule has 246 valence electrons. The smallest absolute Gasteiger partial charge is 0.264 e. The van der Waals surface area contributed by atoms with Crippen LogP contribution in [0.2, 0.25) is 10.0 Å². The Morgan fingerprint density at radius 1 is 0.830 bits per heavy atom. The van der Waals surface area contributed by atoms with Crippen molar-refractivity contribution in [3.63, 3.8) is 0 Å². The molecule has 1 atom stereocenters. The van der Waals surface area contributed by atoms with Gasteiger partial charge in [0.05, 0.1) is 10.6 Å². The van der Waals surface area contributed by atoms with E-state index >= 15 is 0 Å². The number of halogens is 2. The SMILES string of the molecule is CCC(C(=O)NC1CCCC1)N(Cc1c(Cl)cccc1Cl)C(=O)CN(c1ccc(Oc2ccccc2)cc1)S(=O)(=O)c1ccccc1. The Morgan fingerprint density at radius 3 is 2.00 bits per heavy atom. The number of amides is 2. The van der Waals surface area contributed by atoms with E-state index in [1.807, 2.05) is 37.3 Å². The van der Waals surface area contributed by atoms with Crippen LogP contribution < -0.4 is 14.4 Å². The lowest BCUT2D eigenvalue weighted by molar-refractivity contribution is -0.140. The number of hydrogen-bond donors (Lipinski definition) is 1. The molecular formula is C36H37Cl2N3O5S. The second-order valence-corrected chi connectivity index (χ2v) is 14.0. The van der Waals surface area contributed by atoms with Crippen LogP contribution in [0.5, 0.6) is 11.5 Å². The van der Waals surface area contributed by atoms with E-state index in [-0.39, 0.29) is 29.1 Å². The summed E-state index contributed by atoms with van der Waals surface area (Å²) in [7, 11) is -4.22. The summed E-state index contributed by atoms with van der Waals surface area (Å²) >= 11 is 13.1. The maximum atomic E-state index is 14.4. The number of ether oxygens (including phenoxy) is 1. The number of nitrogens with one attached hydrogen (secondary N) is 1. The lowest BCUT2D eigenvalue weighted by Crippen LogP contribution is -2.53. The van der Waals surface area contributed by atoms with Gasteiger partial charge in [-0.2, -0.15) is 0 Å². The molecule has 1 saturated carbocycles. The van der Waals surface area contributed by atoms with Crippen LogP contribution in [0.4, 0.5) is 5.69 Å². The fraction of sp³-hybridized carbons (Fsp3) is 0.278. The molecule has 0 spiro atoms. The quantitative estimate of drug-likeness (QED) is 0.154. The van der Waals surface area contributed by atoms with Crippen LogP contribution in [-0.2, 0) is 26.2 Å². The van der Waals surface area contributed by atoms with E-state index in [1.54, 1.807) is 60.7 Å². The number of anilines is 1. The van der Waals surface area contributed by atoms with E-state index in [0.29, 0.717) is 33.5 Å². The average Bonchev–Trinajstić information content (AvgIpc) is 3.59. The first-order chi connectivity index (χ1) is 22.7. The molecule has 1 fully saturated rings. The van der Waals surface area contributed by atoms with Crippen molar-refractivity contribution in [2.24, 2.45) is 0 Å². The molecule has 0 heterocycles. The van der Waals surface area contributed by atoms with Gasteiger partial charge in [0.1, 0.15) is 24.1 Å². The van der Waals surface area contributed by atoms with Gasteiger partial charge in [-0.05, 0) is 79.9 Å². The summed E-state index contributed by atoms with van der Waals surface area (Å²) in [6.45, 7) is 1.15. The van der Waals surface area contributed by atoms with Crippen LogP contribution >= 0.6 is 23.2 Å². The standard InChI is InChI=1S/C36H37Cl2N3O5S/c1-2-34(36(43)39-26-12-9-10-13-26)40(24-31-32(37)18-11-19-33(31)38)35(42)25-41(47(44,45)30-16-7-4-8-17-30)27-20-22-29(23-21-27)46-28-14-5-3-6-15-28/h3-8,11,14-23,26,34H,2,9-10,12-13,24-25H2,1H3,(H,39,43). The maximum Gasteiger partial charge on any atom is 0.264 e. The second-order valence-electron chi connectivity index (χ2n) is 11.4. The topological polar surface area (TPSA) is 96.0 Å². The Hall–Kier alpha value is -4.05. The largest absolute Gasteiger partial charge is 0.457 e. The van der Waals surface area contributed by atoms with Gasteiger partial charge < -0.3 is 15.0 Å². The third kappa shape index (κ3) is 8.46. The Bertz CT molecular complexity index is 1750. The predicted octanol–water partition coefficient (Wildman–Crippen LogP) is 7.85. The number of benzene rings is 4. The Labute approximate surface area is 286 Å².